The highest BCUT2D eigenvalue weighted by Crippen LogP contribution is 2.46. The van der Waals surface area contributed by atoms with Crippen LogP contribution in [0.2, 0.25) is 0 Å². The number of nitrogens with zero attached hydrogens (tertiary/aromatic N) is 2. The fourth-order valence-electron chi connectivity index (χ4n) is 11.9. The molecular weight excluding hydrogens is 1190 g/mol. The molecule has 5 aromatic carbocycles. The van der Waals surface area contributed by atoms with Gasteiger partial charge in [0.05, 0.1) is 24.2 Å². The fourth-order valence-corrected chi connectivity index (χ4v) is 16.3. The summed E-state index contributed by atoms with van der Waals surface area (Å²) in [5.74, 6) is -1.51. The number of carbonyl (C=O) groups is 7. The highest BCUT2D eigenvalue weighted by Gasteiger charge is 2.44. The van der Waals surface area contributed by atoms with Gasteiger partial charge in [0.2, 0.25) is 23.6 Å². The van der Waals surface area contributed by atoms with Crippen LogP contribution in [0.3, 0.4) is 0 Å². The van der Waals surface area contributed by atoms with Crippen LogP contribution in [-0.2, 0) is 44.4 Å². The number of hydrogen-bond donors (Lipinski definition) is 5. The first-order valence-corrected chi connectivity index (χ1v) is 34.3. The van der Waals surface area contributed by atoms with Crippen molar-refractivity contribution in [1.29, 1.82) is 0 Å². The largest absolute Gasteiger partial charge is 0.478 e. The highest BCUT2D eigenvalue weighted by atomic mass is 31.2. The van der Waals surface area contributed by atoms with Gasteiger partial charge in [0.25, 0.3) is 0 Å². The lowest BCUT2D eigenvalue weighted by Gasteiger charge is -2.40. The monoisotopic (exact) mass is 1300 g/mol. The Bertz CT molecular complexity index is 3350. The molecule has 0 heterocycles. The van der Waals surface area contributed by atoms with Crippen molar-refractivity contribution in [2.75, 3.05) is 28.2 Å². The third kappa shape index (κ3) is 21.1. The topological polar surface area (TPSA) is 194 Å². The van der Waals surface area contributed by atoms with Gasteiger partial charge in [-0.15, -0.1) is 0 Å². The maximum absolute atomic E-state index is 13.9. The highest BCUT2D eigenvalue weighted by molar-refractivity contribution is 7.96. The quantitative estimate of drug-likeness (QED) is 0.0162. The van der Waals surface area contributed by atoms with E-state index in [0.29, 0.717) is 5.57 Å². The van der Waals surface area contributed by atoms with E-state index in [1.54, 1.807) is 64.8 Å². The molecule has 15 heteroatoms. The summed E-state index contributed by atoms with van der Waals surface area (Å²) in [6.07, 6.45) is 6.11. The zero-order valence-electron chi connectivity index (χ0n) is 60.5. The Morgan fingerprint density at radius 2 is 0.745 bits per heavy atom. The average molecular weight is 1300 g/mol. The van der Waals surface area contributed by atoms with Crippen molar-refractivity contribution in [1.82, 2.24) is 31.1 Å². The second-order valence-electron chi connectivity index (χ2n) is 28.5. The fraction of sp³-hybridized carbons (Fsp3) is 0.443. The third-order valence-corrected chi connectivity index (χ3v) is 22.2. The minimum Gasteiger partial charge on any atom is -0.478 e. The van der Waals surface area contributed by atoms with Crippen LogP contribution in [0.5, 0.6) is 0 Å². The summed E-state index contributed by atoms with van der Waals surface area (Å²) in [4.78, 5) is 92.9. The van der Waals surface area contributed by atoms with E-state index in [1.165, 1.54) is 15.9 Å². The number of aldehydes is 1. The second kappa shape index (κ2) is 35.7. The van der Waals surface area contributed by atoms with Gasteiger partial charge in [-0.25, -0.2) is 4.79 Å². The van der Waals surface area contributed by atoms with Crippen LogP contribution in [0.25, 0.3) is 0 Å². The van der Waals surface area contributed by atoms with Crippen LogP contribution in [0.15, 0.2) is 187 Å². The average Bonchev–Trinajstić information content (AvgIpc) is 0.739. The summed E-state index contributed by atoms with van der Waals surface area (Å²) in [7, 11) is 6.98. The zero-order chi connectivity index (χ0) is 71.3. The molecule has 0 aliphatic rings. The minimum atomic E-state index is -2.13. The van der Waals surface area contributed by atoms with Gasteiger partial charge >= 0.3 is 5.97 Å². The van der Waals surface area contributed by atoms with E-state index < -0.39 is 58.7 Å². The van der Waals surface area contributed by atoms with Gasteiger partial charge < -0.3 is 36.2 Å². The Labute approximate surface area is 563 Å². The van der Waals surface area contributed by atoms with E-state index in [4.69, 9.17) is 0 Å². The van der Waals surface area contributed by atoms with Gasteiger partial charge in [-0.05, 0) is 117 Å². The van der Waals surface area contributed by atoms with Crippen molar-refractivity contribution in [3.8, 4) is 0 Å². The number of likely N-dealkylation sites (N-methyl/N-ethyl adjacent to an activating group) is 4. The van der Waals surface area contributed by atoms with E-state index in [9.17, 15) is 38.7 Å². The van der Waals surface area contributed by atoms with Gasteiger partial charge in [-0.2, -0.15) is 0 Å². The number of carbonyl (C=O) groups excluding carboxylic acids is 6. The normalized spacial score (nSPS) is 14.5. The lowest BCUT2D eigenvalue weighted by molar-refractivity contribution is -0.141. The standard InChI is InChI=1S/C30H47N3O4.C27H43N3O3.C22H21OP/c1-19(2)23(18-20(3)17-21(4)28(36)37)33(11)27(35)25(29(5,6)7)32-26(34)24(31-10)30(8,9)22-15-13-12-14-16-22;1-18(2)21(16-19(3)17-31)30(10)25(33)23(26(4,5)6)29-24(32)22(28-9)27(7,8)20-14-12-11-13-15-20;1-18(23)19(2)24(20-12-6-3-7-13-20,21-14-8-4-9-15-21)22-16-10-5-11-17-22/h12-19,23-25,31H,1-11H3,(H,32,34)(H,36,37);11-18,21-23,28H,1-10H3,(H,29,32);3-17H,1-2H3/b20-18+,21-17+;19-16+;/t23-,24-,25-;21-,22-,23-;/m11./s1. The van der Waals surface area contributed by atoms with E-state index in [0.717, 1.165) is 28.3 Å². The predicted octanol–water partition coefficient (Wildman–Crippen LogP) is 12.0. The Morgan fingerprint density at radius 3 is 0.989 bits per heavy atom. The van der Waals surface area contributed by atoms with Crippen molar-refractivity contribution in [2.45, 2.75) is 179 Å². The summed E-state index contributed by atoms with van der Waals surface area (Å²) in [6.45, 7) is 34.4. The number of allylic oxidation sites excluding steroid dienone is 3. The summed E-state index contributed by atoms with van der Waals surface area (Å²) < 4.78 is 0. The van der Waals surface area contributed by atoms with Crippen LogP contribution in [0.4, 0.5) is 0 Å². The molecule has 0 spiro atoms. The number of nitrogens with one attached hydrogen (secondary N) is 4. The molecular formula is C79H111N6O8P. The Balaban J connectivity index is 0.000000375. The van der Waals surface area contributed by atoms with Gasteiger partial charge in [-0.1, -0.05) is 266 Å². The number of aliphatic carboxylic acids is 1. The third-order valence-electron chi connectivity index (χ3n) is 17.6. The van der Waals surface area contributed by atoms with Crippen LogP contribution >= 0.6 is 6.89 Å². The van der Waals surface area contributed by atoms with Gasteiger partial charge in [0.1, 0.15) is 18.4 Å². The van der Waals surface area contributed by atoms with Crippen molar-refractivity contribution in [3.05, 3.63) is 198 Å². The van der Waals surface area contributed by atoms with Crippen molar-refractivity contribution < 1.29 is 38.7 Å². The number of rotatable bonds is 25. The molecule has 0 aliphatic heterocycles. The Morgan fingerprint density at radius 1 is 0.457 bits per heavy atom. The molecule has 0 bridgehead atoms. The lowest BCUT2D eigenvalue weighted by atomic mass is 9.76. The number of hydrogen-bond acceptors (Lipinski definition) is 9. The summed E-state index contributed by atoms with van der Waals surface area (Å²) in [5.41, 5.74) is 1.53. The molecule has 94 heavy (non-hydrogen) atoms. The van der Waals surface area contributed by atoms with E-state index in [-0.39, 0.29) is 58.9 Å². The molecule has 0 saturated carbocycles. The maximum atomic E-state index is 13.9. The second-order valence-corrected chi connectivity index (χ2v) is 32.1. The van der Waals surface area contributed by atoms with Gasteiger partial charge in [-0.3, -0.25) is 28.8 Å². The molecule has 0 unspecified atom stereocenters. The number of amides is 4. The molecule has 0 radical (unpaired) electrons. The molecule has 14 nitrogen and oxygen atoms in total. The first-order valence-electron chi connectivity index (χ1n) is 32.5. The van der Waals surface area contributed by atoms with Crippen molar-refractivity contribution in [3.63, 3.8) is 0 Å². The molecule has 5 rings (SSSR count). The lowest BCUT2D eigenvalue weighted by Crippen LogP contribution is -2.61. The molecule has 5 aromatic rings. The van der Waals surface area contributed by atoms with E-state index >= 15 is 0 Å². The van der Waals surface area contributed by atoms with E-state index in [2.05, 4.69) is 94.1 Å². The predicted molar refractivity (Wildman–Crippen MR) is 392 cm³/mol. The Kier molecular flexibility index (Phi) is 30.5. The van der Waals surface area contributed by atoms with Crippen LogP contribution in [0, 0.1) is 22.7 Å². The number of carboxylic acid groups (broad SMARTS) is 1. The zero-order valence-corrected chi connectivity index (χ0v) is 61.4. The number of carboxylic acids is 1. The smallest absolute Gasteiger partial charge is 0.331 e. The van der Waals surface area contributed by atoms with Crippen molar-refractivity contribution in [2.24, 2.45) is 22.7 Å². The van der Waals surface area contributed by atoms with E-state index in [1.807, 2.05) is 202 Å². The van der Waals surface area contributed by atoms with Crippen LogP contribution in [-0.4, -0.2) is 126 Å². The summed E-state index contributed by atoms with van der Waals surface area (Å²) in [5, 5.41) is 26.2. The Hall–Kier alpha value is -7.77. The first-order chi connectivity index (χ1) is 43.8. The molecule has 0 aromatic heterocycles. The summed E-state index contributed by atoms with van der Waals surface area (Å²) >= 11 is 0. The molecule has 5 N–H and O–H groups in total. The van der Waals surface area contributed by atoms with Gasteiger partial charge in [0.15, 0.2) is 5.78 Å². The van der Waals surface area contributed by atoms with Gasteiger partial charge in [0, 0.05) is 35.8 Å². The molecule has 0 aliphatic carbocycles. The minimum absolute atomic E-state index is 0.0702. The van der Waals surface area contributed by atoms with Crippen LogP contribution < -0.4 is 37.2 Å². The molecule has 0 saturated heterocycles. The number of ketones is 1. The number of Topliss-reactive ketones (excluding diaryl/α,β-unsaturated/α-hetero) is 1. The molecule has 510 valence electrons. The molecule has 6 atom stereocenters. The molecule has 0 fully saturated rings. The summed E-state index contributed by atoms with van der Waals surface area (Å²) in [6, 6.07) is 47.9. The first kappa shape index (κ1) is 80.5. The molecule has 4 amide bonds. The van der Waals surface area contributed by atoms with Crippen LogP contribution in [0.1, 0.15) is 143 Å². The SMILES string of the molecule is CC(=O)C(C)=P(c1ccccc1)(c1ccccc1)c1ccccc1.CN[C@H](C(=O)N[C@H](C(=O)N(C)[C@H](/C=C(C)/C=C(\C)C(=O)O)C(C)C)C(C)(C)C)C(C)(C)c1ccccc1.CN[C@H](C(=O)N[C@H](C(=O)N(C)[C@H](/C=C(\C)C=O)C(C)C)C(C)(C)C)C(C)(C)c1ccccc1. The maximum Gasteiger partial charge on any atom is 0.331 e. The van der Waals surface area contributed by atoms with Crippen molar-refractivity contribution >= 4 is 69.8 Å². The number of benzene rings is 5.